The zero-order valence-electron chi connectivity index (χ0n) is 9.47. The first-order valence-electron chi connectivity index (χ1n) is 5.66. The fourth-order valence-electron chi connectivity index (χ4n) is 1.96. The lowest BCUT2D eigenvalue weighted by molar-refractivity contribution is -0.274. The molecule has 0 aromatic heterocycles. The molecule has 2 nitrogen and oxygen atoms in total. The maximum absolute atomic E-state index is 12.1. The first kappa shape index (κ1) is 13.5. The van der Waals surface area contributed by atoms with Gasteiger partial charge in [0.25, 0.3) is 0 Å². The monoisotopic (exact) mass is 324 g/mol. The summed E-state index contributed by atoms with van der Waals surface area (Å²) >= 11 is 3.04. The van der Waals surface area contributed by atoms with E-state index < -0.39 is 6.36 Å². The Morgan fingerprint density at radius 3 is 2.39 bits per heavy atom. The van der Waals surface area contributed by atoms with Crippen molar-refractivity contribution in [2.45, 2.75) is 38.1 Å². The summed E-state index contributed by atoms with van der Waals surface area (Å²) in [4.78, 5) is 0. The smallest absolute Gasteiger partial charge is 0.490 e. The van der Waals surface area contributed by atoms with Crippen molar-refractivity contribution in [1.29, 1.82) is 0 Å². The molecular formula is C12H12BrF3O2. The molecule has 1 fully saturated rings. The highest BCUT2D eigenvalue weighted by atomic mass is 79.9. The Morgan fingerprint density at radius 2 is 1.83 bits per heavy atom. The van der Waals surface area contributed by atoms with Crippen molar-refractivity contribution in [1.82, 2.24) is 0 Å². The van der Waals surface area contributed by atoms with Crippen LogP contribution in [0.4, 0.5) is 13.2 Å². The zero-order valence-corrected chi connectivity index (χ0v) is 11.1. The van der Waals surface area contributed by atoms with Gasteiger partial charge in [0.1, 0.15) is 11.5 Å². The predicted molar refractivity (Wildman–Crippen MR) is 63.7 cm³/mol. The third kappa shape index (κ3) is 3.80. The zero-order chi connectivity index (χ0) is 13.2. The highest BCUT2D eigenvalue weighted by Gasteiger charge is 2.32. The quantitative estimate of drug-likeness (QED) is 0.804. The molecule has 0 saturated heterocycles. The average molecular weight is 325 g/mol. The number of rotatable bonds is 3. The minimum Gasteiger partial charge on any atom is -0.490 e. The minimum absolute atomic E-state index is 0.172. The van der Waals surface area contributed by atoms with Crippen LogP contribution < -0.4 is 9.47 Å². The molecule has 18 heavy (non-hydrogen) atoms. The Kier molecular flexibility index (Phi) is 4.04. The standard InChI is InChI=1S/C12H12BrF3O2/c13-10-7-9(17-8-3-1-2-4-8)5-6-11(10)18-12(14,15)16/h5-8H,1-4H2. The molecule has 6 heteroatoms. The van der Waals surface area contributed by atoms with Gasteiger partial charge in [0, 0.05) is 0 Å². The van der Waals surface area contributed by atoms with Crippen LogP contribution in [0.3, 0.4) is 0 Å². The molecule has 0 heterocycles. The van der Waals surface area contributed by atoms with Gasteiger partial charge in [0.05, 0.1) is 10.6 Å². The summed E-state index contributed by atoms with van der Waals surface area (Å²) in [7, 11) is 0. The summed E-state index contributed by atoms with van der Waals surface area (Å²) in [6.07, 6.45) is -0.235. The summed E-state index contributed by atoms with van der Waals surface area (Å²) in [6, 6.07) is 4.24. The third-order valence-corrected chi connectivity index (χ3v) is 3.35. The Morgan fingerprint density at radius 1 is 1.17 bits per heavy atom. The van der Waals surface area contributed by atoms with E-state index in [0.29, 0.717) is 5.75 Å². The van der Waals surface area contributed by atoms with E-state index in [2.05, 4.69) is 20.7 Å². The van der Waals surface area contributed by atoms with Gasteiger partial charge in [-0.2, -0.15) is 0 Å². The number of ether oxygens (including phenoxy) is 2. The minimum atomic E-state index is -4.68. The summed E-state index contributed by atoms with van der Waals surface area (Å²) in [5.74, 6) is 0.296. The number of hydrogen-bond donors (Lipinski definition) is 0. The number of alkyl halides is 3. The lowest BCUT2D eigenvalue weighted by Gasteiger charge is -2.15. The lowest BCUT2D eigenvalue weighted by Crippen LogP contribution is -2.17. The predicted octanol–water partition coefficient (Wildman–Crippen LogP) is 4.67. The summed E-state index contributed by atoms with van der Waals surface area (Å²) < 4.78 is 46.0. The van der Waals surface area contributed by atoms with Crippen LogP contribution in [-0.2, 0) is 0 Å². The van der Waals surface area contributed by atoms with Gasteiger partial charge in [-0.15, -0.1) is 13.2 Å². The summed E-state index contributed by atoms with van der Waals surface area (Å²) in [5.41, 5.74) is 0. The van der Waals surface area contributed by atoms with Crippen molar-refractivity contribution >= 4 is 15.9 Å². The molecule has 0 atom stereocenters. The Labute approximate surface area is 111 Å². The lowest BCUT2D eigenvalue weighted by atomic mass is 10.3. The van der Waals surface area contributed by atoms with E-state index in [1.54, 1.807) is 0 Å². The molecule has 0 amide bonds. The molecule has 100 valence electrons. The van der Waals surface area contributed by atoms with Crippen molar-refractivity contribution in [2.75, 3.05) is 0 Å². The van der Waals surface area contributed by atoms with E-state index in [1.165, 1.54) is 18.2 Å². The number of halogens is 4. The molecule has 2 rings (SSSR count). The molecule has 0 bridgehead atoms. The van der Waals surface area contributed by atoms with Crippen LogP contribution in [0.5, 0.6) is 11.5 Å². The molecule has 0 spiro atoms. The van der Waals surface area contributed by atoms with Gasteiger partial charge < -0.3 is 9.47 Å². The Balaban J connectivity index is 2.04. The van der Waals surface area contributed by atoms with Crippen LogP contribution in [0.1, 0.15) is 25.7 Å². The molecule has 1 aliphatic carbocycles. The van der Waals surface area contributed by atoms with Crippen LogP contribution in [0.25, 0.3) is 0 Å². The van der Waals surface area contributed by atoms with Gasteiger partial charge in [0.15, 0.2) is 0 Å². The fraction of sp³-hybridized carbons (Fsp3) is 0.500. The molecule has 1 saturated carbocycles. The van der Waals surface area contributed by atoms with Crippen molar-refractivity contribution in [3.63, 3.8) is 0 Å². The summed E-state index contributed by atoms with van der Waals surface area (Å²) in [5, 5.41) is 0. The van der Waals surface area contributed by atoms with Gasteiger partial charge in [-0.1, -0.05) is 0 Å². The van der Waals surface area contributed by atoms with Crippen molar-refractivity contribution < 1.29 is 22.6 Å². The molecular weight excluding hydrogens is 313 g/mol. The van der Waals surface area contributed by atoms with Crippen LogP contribution in [0.15, 0.2) is 22.7 Å². The van der Waals surface area contributed by atoms with E-state index in [0.717, 1.165) is 25.7 Å². The highest BCUT2D eigenvalue weighted by Crippen LogP contribution is 2.34. The van der Waals surface area contributed by atoms with Crippen LogP contribution in [-0.4, -0.2) is 12.5 Å². The third-order valence-electron chi connectivity index (χ3n) is 2.73. The number of hydrogen-bond acceptors (Lipinski definition) is 2. The van der Waals surface area contributed by atoms with E-state index >= 15 is 0 Å². The van der Waals surface area contributed by atoms with Crippen LogP contribution in [0, 0.1) is 0 Å². The second kappa shape index (κ2) is 5.38. The van der Waals surface area contributed by atoms with E-state index in [9.17, 15) is 13.2 Å². The molecule has 0 radical (unpaired) electrons. The second-order valence-electron chi connectivity index (χ2n) is 4.16. The Bertz CT molecular complexity index is 414. The molecule has 1 aromatic carbocycles. The molecule has 1 aromatic rings. The largest absolute Gasteiger partial charge is 0.573 e. The Hall–Kier alpha value is -0.910. The maximum atomic E-state index is 12.1. The van der Waals surface area contributed by atoms with Crippen LogP contribution >= 0.6 is 15.9 Å². The average Bonchev–Trinajstić information content (AvgIpc) is 2.73. The second-order valence-corrected chi connectivity index (χ2v) is 5.02. The van der Waals surface area contributed by atoms with Gasteiger partial charge >= 0.3 is 6.36 Å². The fourth-order valence-corrected chi connectivity index (χ4v) is 2.40. The first-order valence-corrected chi connectivity index (χ1v) is 6.45. The van der Waals surface area contributed by atoms with E-state index in [1.807, 2.05) is 0 Å². The molecule has 0 unspecified atom stereocenters. The van der Waals surface area contributed by atoms with Crippen molar-refractivity contribution in [2.24, 2.45) is 0 Å². The van der Waals surface area contributed by atoms with E-state index in [-0.39, 0.29) is 16.3 Å². The van der Waals surface area contributed by atoms with Gasteiger partial charge in [-0.25, -0.2) is 0 Å². The highest BCUT2D eigenvalue weighted by molar-refractivity contribution is 9.10. The van der Waals surface area contributed by atoms with E-state index in [4.69, 9.17) is 4.74 Å². The van der Waals surface area contributed by atoms with Crippen LogP contribution in [0.2, 0.25) is 0 Å². The topological polar surface area (TPSA) is 18.5 Å². The van der Waals surface area contributed by atoms with Gasteiger partial charge in [0.2, 0.25) is 0 Å². The van der Waals surface area contributed by atoms with Gasteiger partial charge in [-0.3, -0.25) is 0 Å². The molecule has 0 aliphatic heterocycles. The number of benzene rings is 1. The normalized spacial score (nSPS) is 16.9. The maximum Gasteiger partial charge on any atom is 0.573 e. The van der Waals surface area contributed by atoms with Crippen molar-refractivity contribution in [3.05, 3.63) is 22.7 Å². The molecule has 1 aliphatic rings. The van der Waals surface area contributed by atoms with Gasteiger partial charge in [-0.05, 0) is 59.8 Å². The first-order chi connectivity index (χ1) is 8.44. The SMILES string of the molecule is FC(F)(F)Oc1ccc(OC2CCCC2)cc1Br. The molecule has 0 N–H and O–H groups in total. The summed E-state index contributed by atoms with van der Waals surface area (Å²) in [6.45, 7) is 0. The van der Waals surface area contributed by atoms with Crippen molar-refractivity contribution in [3.8, 4) is 11.5 Å².